The second-order valence-electron chi connectivity index (χ2n) is 3.76. The lowest BCUT2D eigenvalue weighted by molar-refractivity contribution is 0.133. The van der Waals surface area contributed by atoms with Gasteiger partial charge in [-0.3, -0.25) is 0 Å². The number of nitrogens with two attached hydrogens (primary N) is 1. The van der Waals surface area contributed by atoms with Crippen molar-refractivity contribution < 1.29 is 5.11 Å². The third-order valence-electron chi connectivity index (χ3n) is 2.18. The van der Waals surface area contributed by atoms with Crippen molar-refractivity contribution in [3.8, 4) is 0 Å². The molecule has 2 nitrogen and oxygen atoms in total. The summed E-state index contributed by atoms with van der Waals surface area (Å²) in [6.45, 7) is 4.02. The van der Waals surface area contributed by atoms with Crippen LogP contribution in [-0.2, 0) is 0 Å². The molecule has 0 aliphatic rings. The fourth-order valence-corrected chi connectivity index (χ4v) is 2.81. The molecule has 0 unspecified atom stereocenters. The summed E-state index contributed by atoms with van der Waals surface area (Å²) in [4.78, 5) is 1.10. The number of aliphatic hydroxyl groups excluding tert-OH is 1. The quantitative estimate of drug-likeness (QED) is 0.901. The molecule has 0 spiro atoms. The van der Waals surface area contributed by atoms with E-state index in [1.54, 1.807) is 11.3 Å². The molecule has 0 amide bonds. The maximum absolute atomic E-state index is 9.16. The average Bonchev–Trinajstić information content (AvgIpc) is 2.50. The molecule has 0 bridgehead atoms. The Morgan fingerprint density at radius 3 is 2.57 bits per heavy atom. The summed E-state index contributed by atoms with van der Waals surface area (Å²) in [5, 5.41) is 11.2. The van der Waals surface area contributed by atoms with E-state index < -0.39 is 0 Å². The number of halogens is 2. The van der Waals surface area contributed by atoms with Gasteiger partial charge in [0.25, 0.3) is 0 Å². The number of aliphatic hydroxyl groups is 1. The Hall–Kier alpha value is 0.390. The van der Waals surface area contributed by atoms with Crippen LogP contribution >= 0.6 is 39.7 Å². The smallest absolute Gasteiger partial charge is 0.0500 e. The van der Waals surface area contributed by atoms with Gasteiger partial charge in [0.1, 0.15) is 0 Å². The van der Waals surface area contributed by atoms with Gasteiger partial charge in [0.2, 0.25) is 0 Å². The van der Waals surface area contributed by atoms with Crippen LogP contribution in [0.1, 0.15) is 24.8 Å². The molecule has 0 fully saturated rings. The molecule has 0 aromatic carbocycles. The second kappa shape index (κ2) is 5.47. The first kappa shape index (κ1) is 14.4. The highest BCUT2D eigenvalue weighted by Gasteiger charge is 2.28. The van der Waals surface area contributed by atoms with Gasteiger partial charge in [-0.1, -0.05) is 13.8 Å². The number of thiophene rings is 1. The van der Waals surface area contributed by atoms with Crippen molar-refractivity contribution in [1.29, 1.82) is 0 Å². The molecule has 1 heterocycles. The van der Waals surface area contributed by atoms with Crippen LogP contribution in [0.2, 0.25) is 0 Å². The van der Waals surface area contributed by atoms with E-state index in [0.717, 1.165) is 9.35 Å². The molecule has 82 valence electrons. The van der Waals surface area contributed by atoms with Gasteiger partial charge in [0.15, 0.2) is 0 Å². The monoisotopic (exact) mass is 299 g/mol. The third kappa shape index (κ3) is 2.94. The minimum absolute atomic E-state index is 0. The summed E-state index contributed by atoms with van der Waals surface area (Å²) in [5.74, 6) is 0. The Balaban J connectivity index is 0.00000169. The van der Waals surface area contributed by atoms with Crippen LogP contribution in [0.3, 0.4) is 0 Å². The van der Waals surface area contributed by atoms with Gasteiger partial charge in [-0.25, -0.2) is 0 Å². The van der Waals surface area contributed by atoms with Gasteiger partial charge in [0, 0.05) is 20.8 Å². The van der Waals surface area contributed by atoms with Gasteiger partial charge in [0.05, 0.1) is 6.61 Å². The predicted molar refractivity (Wildman–Crippen MR) is 67.1 cm³/mol. The summed E-state index contributed by atoms with van der Waals surface area (Å²) in [6.07, 6.45) is 0. The molecule has 1 aromatic heterocycles. The molecule has 14 heavy (non-hydrogen) atoms. The van der Waals surface area contributed by atoms with E-state index in [2.05, 4.69) is 15.9 Å². The van der Waals surface area contributed by atoms with Crippen LogP contribution in [0.5, 0.6) is 0 Å². The summed E-state index contributed by atoms with van der Waals surface area (Å²) >= 11 is 5.05. The summed E-state index contributed by atoms with van der Waals surface area (Å²) in [6, 6.07) is 1.86. The van der Waals surface area contributed by atoms with E-state index in [4.69, 9.17) is 10.8 Å². The molecule has 0 radical (unpaired) electrons. The highest BCUT2D eigenvalue weighted by Crippen LogP contribution is 2.37. The van der Waals surface area contributed by atoms with Crippen LogP contribution in [0, 0.1) is 5.41 Å². The highest BCUT2D eigenvalue weighted by atomic mass is 79.9. The fraction of sp³-hybridized carbons (Fsp3) is 0.556. The van der Waals surface area contributed by atoms with Gasteiger partial charge >= 0.3 is 0 Å². The summed E-state index contributed by atoms with van der Waals surface area (Å²) in [5.41, 5.74) is 5.78. The Bertz CT molecular complexity index is 290. The maximum Gasteiger partial charge on any atom is 0.0500 e. The summed E-state index contributed by atoms with van der Waals surface area (Å²) < 4.78 is 1.03. The van der Waals surface area contributed by atoms with Crippen LogP contribution in [0.25, 0.3) is 0 Å². The van der Waals surface area contributed by atoms with Gasteiger partial charge in [-0.15, -0.1) is 23.7 Å². The van der Waals surface area contributed by atoms with Crippen molar-refractivity contribution >= 4 is 39.7 Å². The maximum atomic E-state index is 9.16. The van der Waals surface area contributed by atoms with Gasteiger partial charge in [-0.05, 0) is 27.4 Å². The molecular weight excluding hydrogens is 286 g/mol. The Morgan fingerprint density at radius 2 is 2.21 bits per heavy atom. The zero-order chi connectivity index (χ0) is 10.1. The van der Waals surface area contributed by atoms with Crippen LogP contribution in [0.4, 0.5) is 0 Å². The van der Waals surface area contributed by atoms with Crippen LogP contribution in [0.15, 0.2) is 15.9 Å². The second-order valence-corrected chi connectivity index (χ2v) is 5.56. The van der Waals surface area contributed by atoms with Crippen molar-refractivity contribution in [3.05, 3.63) is 20.8 Å². The van der Waals surface area contributed by atoms with Crippen molar-refractivity contribution in [1.82, 2.24) is 0 Å². The Labute approximate surface area is 103 Å². The zero-order valence-electron chi connectivity index (χ0n) is 8.16. The van der Waals surface area contributed by atoms with Crippen LogP contribution < -0.4 is 5.73 Å². The molecule has 0 saturated carbocycles. The van der Waals surface area contributed by atoms with Crippen molar-refractivity contribution in [2.75, 3.05) is 6.61 Å². The van der Waals surface area contributed by atoms with E-state index in [1.807, 2.05) is 25.3 Å². The predicted octanol–water partition coefficient (Wildman–Crippen LogP) is 2.95. The lowest BCUT2D eigenvalue weighted by atomic mass is 9.85. The fourth-order valence-electron chi connectivity index (χ4n) is 0.981. The normalized spacial score (nSPS) is 13.5. The topological polar surface area (TPSA) is 46.2 Å². The molecule has 5 heteroatoms. The number of hydrogen-bond donors (Lipinski definition) is 2. The van der Waals surface area contributed by atoms with Crippen molar-refractivity contribution in [2.24, 2.45) is 11.1 Å². The lowest BCUT2D eigenvalue weighted by Crippen LogP contribution is -2.31. The molecular formula is C9H15BrClNOS. The molecule has 1 atom stereocenters. The van der Waals surface area contributed by atoms with Crippen molar-refractivity contribution in [3.63, 3.8) is 0 Å². The van der Waals surface area contributed by atoms with Crippen LogP contribution in [-0.4, -0.2) is 11.7 Å². The van der Waals surface area contributed by atoms with Crippen molar-refractivity contribution in [2.45, 2.75) is 19.9 Å². The Morgan fingerprint density at radius 1 is 1.64 bits per heavy atom. The molecule has 0 aliphatic carbocycles. The largest absolute Gasteiger partial charge is 0.396 e. The first-order chi connectivity index (χ1) is 5.99. The SMILES string of the molecule is CC(C)(CO)[C@@H](N)c1sccc1Br.Cl. The van der Waals surface area contributed by atoms with E-state index in [-0.39, 0.29) is 30.5 Å². The first-order valence-corrected chi connectivity index (χ1v) is 5.75. The number of hydrogen-bond acceptors (Lipinski definition) is 3. The lowest BCUT2D eigenvalue weighted by Gasteiger charge is -2.28. The number of rotatable bonds is 3. The third-order valence-corrected chi connectivity index (χ3v) is 4.13. The first-order valence-electron chi connectivity index (χ1n) is 4.08. The molecule has 0 aliphatic heterocycles. The molecule has 3 N–H and O–H groups in total. The molecule has 1 aromatic rings. The Kier molecular flexibility index (Phi) is 5.62. The van der Waals surface area contributed by atoms with E-state index in [1.165, 1.54) is 0 Å². The zero-order valence-corrected chi connectivity index (χ0v) is 11.4. The molecule has 0 saturated heterocycles. The minimum Gasteiger partial charge on any atom is -0.396 e. The van der Waals surface area contributed by atoms with E-state index >= 15 is 0 Å². The summed E-state index contributed by atoms with van der Waals surface area (Å²) in [7, 11) is 0. The average molecular weight is 301 g/mol. The highest BCUT2D eigenvalue weighted by molar-refractivity contribution is 9.10. The van der Waals surface area contributed by atoms with Gasteiger partial charge in [-0.2, -0.15) is 0 Å². The molecule has 1 rings (SSSR count). The van der Waals surface area contributed by atoms with E-state index in [0.29, 0.717) is 0 Å². The van der Waals surface area contributed by atoms with Gasteiger partial charge < -0.3 is 10.8 Å². The standard InChI is InChI=1S/C9H14BrNOS.ClH/c1-9(2,5-12)8(11)7-6(10)3-4-13-7;/h3-4,8,12H,5,11H2,1-2H3;1H/t8-;/m0./s1. The van der Waals surface area contributed by atoms with E-state index in [9.17, 15) is 0 Å². The minimum atomic E-state index is -0.270.